The van der Waals surface area contributed by atoms with Crippen LogP contribution in [0.1, 0.15) is 33.6 Å². The van der Waals surface area contributed by atoms with Crippen LogP contribution in [-0.2, 0) is 0 Å². The molecule has 1 unspecified atom stereocenters. The maximum Gasteiger partial charge on any atom is 0.166 e. The molecule has 2 rings (SSSR count). The predicted molar refractivity (Wildman–Crippen MR) is 85.3 cm³/mol. The van der Waals surface area contributed by atoms with Gasteiger partial charge in [-0.3, -0.25) is 10.2 Å². The number of nitrogens with zero attached hydrogens (tertiary/aromatic N) is 1. The van der Waals surface area contributed by atoms with Crippen LogP contribution in [0.15, 0.2) is 24.4 Å². The van der Waals surface area contributed by atoms with E-state index in [1.807, 2.05) is 6.20 Å². The Morgan fingerprint density at radius 1 is 1.30 bits per heavy atom. The van der Waals surface area contributed by atoms with E-state index in [1.54, 1.807) is 0 Å². The van der Waals surface area contributed by atoms with Gasteiger partial charge in [0.25, 0.3) is 0 Å². The van der Waals surface area contributed by atoms with E-state index in [0.29, 0.717) is 6.04 Å². The van der Waals surface area contributed by atoms with Gasteiger partial charge in [0, 0.05) is 12.6 Å². The first-order valence-electron chi connectivity index (χ1n) is 8.02. The second-order valence-corrected chi connectivity index (χ2v) is 6.16. The van der Waals surface area contributed by atoms with Crippen LogP contribution < -0.4 is 16.0 Å². The summed E-state index contributed by atoms with van der Waals surface area (Å²) in [7, 11) is 0. The Bertz CT molecular complexity index is 344. The van der Waals surface area contributed by atoms with Crippen molar-refractivity contribution in [3.8, 4) is 0 Å². The van der Waals surface area contributed by atoms with Crippen molar-refractivity contribution in [2.75, 3.05) is 26.2 Å². The lowest BCUT2D eigenvalue weighted by Crippen LogP contribution is -2.68. The average molecular weight is 278 g/mol. The Kier molecular flexibility index (Phi) is 5.64. The maximum absolute atomic E-state index is 3.70. The van der Waals surface area contributed by atoms with Gasteiger partial charge < -0.3 is 10.6 Å². The molecule has 0 amide bonds. The van der Waals surface area contributed by atoms with Crippen molar-refractivity contribution in [2.24, 2.45) is 5.92 Å². The Labute approximate surface area is 123 Å². The summed E-state index contributed by atoms with van der Waals surface area (Å²) in [4.78, 5) is 2.53. The summed E-state index contributed by atoms with van der Waals surface area (Å²) in [6.07, 6.45) is 11.1. The molecule has 2 aliphatic rings. The summed E-state index contributed by atoms with van der Waals surface area (Å²) in [6.45, 7) is 11.2. The highest BCUT2D eigenvalue weighted by atomic mass is 15.4. The third kappa shape index (κ3) is 3.84. The molecule has 20 heavy (non-hydrogen) atoms. The van der Waals surface area contributed by atoms with Gasteiger partial charge in [0.05, 0.1) is 0 Å². The number of hydrogen-bond acceptors (Lipinski definition) is 4. The third-order valence-electron chi connectivity index (χ3n) is 4.17. The highest BCUT2D eigenvalue weighted by Gasteiger charge is 2.35. The van der Waals surface area contributed by atoms with Gasteiger partial charge in [-0.05, 0) is 70.6 Å². The molecule has 114 valence electrons. The van der Waals surface area contributed by atoms with Crippen molar-refractivity contribution in [1.29, 1.82) is 0 Å². The van der Waals surface area contributed by atoms with Crippen molar-refractivity contribution in [3.05, 3.63) is 24.4 Å². The minimum atomic E-state index is -0.234. The Morgan fingerprint density at radius 3 is 2.60 bits per heavy atom. The summed E-state index contributed by atoms with van der Waals surface area (Å²) in [5.74, 6) is 0.561. The number of dihydropyridines is 1. The lowest BCUT2D eigenvalue weighted by atomic mass is 9.96. The van der Waals surface area contributed by atoms with Crippen LogP contribution in [0, 0.1) is 5.92 Å². The molecule has 0 aromatic rings. The molecule has 1 atom stereocenters. The smallest absolute Gasteiger partial charge is 0.166 e. The van der Waals surface area contributed by atoms with Crippen LogP contribution in [-0.4, -0.2) is 42.9 Å². The molecule has 0 radical (unpaired) electrons. The topological polar surface area (TPSA) is 39.3 Å². The van der Waals surface area contributed by atoms with Crippen LogP contribution in [0.25, 0.3) is 0 Å². The molecular formula is C16H30N4. The molecular weight excluding hydrogens is 248 g/mol. The summed E-state index contributed by atoms with van der Waals surface area (Å²) in [5.41, 5.74) is 0. The van der Waals surface area contributed by atoms with E-state index in [-0.39, 0.29) is 5.79 Å². The van der Waals surface area contributed by atoms with E-state index in [4.69, 9.17) is 0 Å². The minimum Gasteiger partial charge on any atom is -0.358 e. The first kappa shape index (κ1) is 15.5. The van der Waals surface area contributed by atoms with E-state index >= 15 is 0 Å². The van der Waals surface area contributed by atoms with Crippen LogP contribution in [0.3, 0.4) is 0 Å². The summed E-state index contributed by atoms with van der Waals surface area (Å²) in [5, 5.41) is 10.7. The molecule has 0 aromatic heterocycles. The number of allylic oxidation sites excluding steroid dienone is 2. The zero-order valence-corrected chi connectivity index (χ0v) is 13.2. The second-order valence-electron chi connectivity index (χ2n) is 6.16. The molecule has 0 bridgehead atoms. The molecule has 3 N–H and O–H groups in total. The van der Waals surface area contributed by atoms with Gasteiger partial charge in [0.2, 0.25) is 0 Å². The van der Waals surface area contributed by atoms with Crippen LogP contribution in [0.4, 0.5) is 0 Å². The normalized spacial score (nSPS) is 27.2. The van der Waals surface area contributed by atoms with Crippen LogP contribution in [0.2, 0.25) is 0 Å². The van der Waals surface area contributed by atoms with Crippen molar-refractivity contribution >= 4 is 0 Å². The highest BCUT2D eigenvalue weighted by molar-refractivity contribution is 5.18. The summed E-state index contributed by atoms with van der Waals surface area (Å²) in [6, 6.07) is 0.431. The number of hydrogen-bond donors (Lipinski definition) is 3. The van der Waals surface area contributed by atoms with E-state index in [0.717, 1.165) is 32.1 Å². The van der Waals surface area contributed by atoms with Gasteiger partial charge in [0.1, 0.15) is 0 Å². The van der Waals surface area contributed by atoms with E-state index in [1.165, 1.54) is 12.8 Å². The molecule has 4 nitrogen and oxygen atoms in total. The molecule has 1 fully saturated rings. The van der Waals surface area contributed by atoms with Crippen molar-refractivity contribution < 1.29 is 0 Å². The molecule has 2 aliphatic heterocycles. The van der Waals surface area contributed by atoms with Gasteiger partial charge >= 0.3 is 0 Å². The quantitative estimate of drug-likeness (QED) is 0.646. The summed E-state index contributed by atoms with van der Waals surface area (Å²) < 4.78 is 0. The number of rotatable bonds is 6. The zero-order valence-electron chi connectivity index (χ0n) is 13.2. The van der Waals surface area contributed by atoms with E-state index in [2.05, 4.69) is 59.8 Å². The highest BCUT2D eigenvalue weighted by Crippen LogP contribution is 2.21. The fraction of sp³-hybridized carbons (Fsp3) is 0.750. The average Bonchev–Trinajstić information content (AvgIpc) is 2.46. The van der Waals surface area contributed by atoms with Crippen molar-refractivity contribution in [1.82, 2.24) is 20.9 Å². The third-order valence-corrected chi connectivity index (χ3v) is 4.17. The molecule has 2 heterocycles. The fourth-order valence-corrected chi connectivity index (χ4v) is 3.19. The monoisotopic (exact) mass is 278 g/mol. The molecule has 0 aromatic carbocycles. The second kappa shape index (κ2) is 7.25. The number of piperidine rings is 1. The van der Waals surface area contributed by atoms with E-state index < -0.39 is 0 Å². The zero-order chi connectivity index (χ0) is 14.4. The molecule has 4 heteroatoms. The van der Waals surface area contributed by atoms with Crippen molar-refractivity contribution in [3.63, 3.8) is 0 Å². The van der Waals surface area contributed by atoms with Crippen LogP contribution >= 0.6 is 0 Å². The van der Waals surface area contributed by atoms with Gasteiger partial charge in [-0.25, -0.2) is 0 Å². The SMILES string of the molecule is CCN(CC1CCNCC1)C1(NC(C)C)C=CC=CN1. The Balaban J connectivity index is 2.07. The Morgan fingerprint density at radius 2 is 2.05 bits per heavy atom. The lowest BCUT2D eigenvalue weighted by molar-refractivity contribution is 0.0522. The largest absolute Gasteiger partial charge is 0.358 e. The maximum atomic E-state index is 3.70. The summed E-state index contributed by atoms with van der Waals surface area (Å²) >= 11 is 0. The fourth-order valence-electron chi connectivity index (χ4n) is 3.19. The van der Waals surface area contributed by atoms with E-state index in [9.17, 15) is 0 Å². The van der Waals surface area contributed by atoms with Crippen LogP contribution in [0.5, 0.6) is 0 Å². The van der Waals surface area contributed by atoms with Crippen molar-refractivity contribution in [2.45, 2.75) is 45.4 Å². The molecule has 0 aliphatic carbocycles. The first-order chi connectivity index (χ1) is 9.66. The lowest BCUT2D eigenvalue weighted by Gasteiger charge is -2.46. The number of likely N-dealkylation sites (N-methyl/N-ethyl adjacent to an activating group) is 1. The number of nitrogens with one attached hydrogen (secondary N) is 3. The standard InChI is InChI=1S/C16H30N4/c1-4-20(13-15-7-11-17-12-8-15)16(19-14(2)3)9-5-6-10-18-16/h5-6,9-10,14-15,17-19H,4,7-8,11-13H2,1-3H3. The predicted octanol–water partition coefficient (Wildman–Crippen LogP) is 1.63. The first-order valence-corrected chi connectivity index (χ1v) is 8.02. The molecule has 1 saturated heterocycles. The minimum absolute atomic E-state index is 0.234. The molecule has 0 saturated carbocycles. The Hall–Kier alpha value is -0.840. The van der Waals surface area contributed by atoms with Gasteiger partial charge in [-0.1, -0.05) is 13.0 Å². The van der Waals surface area contributed by atoms with Gasteiger partial charge in [-0.15, -0.1) is 0 Å². The van der Waals surface area contributed by atoms with Gasteiger partial charge in [-0.2, -0.15) is 0 Å². The van der Waals surface area contributed by atoms with Gasteiger partial charge in [0.15, 0.2) is 5.79 Å². The molecule has 0 spiro atoms.